The lowest BCUT2D eigenvalue weighted by molar-refractivity contribution is -0.0293. The minimum Gasteiger partial charge on any atom is -0.386 e. The Kier molecular flexibility index (Phi) is 4.57. The number of hydrogen-bond donors (Lipinski definition) is 1. The van der Waals surface area contributed by atoms with E-state index in [0.29, 0.717) is 12.7 Å². The molecule has 0 spiro atoms. The summed E-state index contributed by atoms with van der Waals surface area (Å²) < 4.78 is 5.91. The lowest BCUT2D eigenvalue weighted by atomic mass is 9.89. The molecule has 3 rings (SSSR count). The predicted molar refractivity (Wildman–Crippen MR) is 86.3 cm³/mol. The molecule has 2 aromatic rings. The van der Waals surface area contributed by atoms with Crippen LogP contribution in [0.15, 0.2) is 42.5 Å². The topological polar surface area (TPSA) is 29.5 Å². The molecule has 1 aliphatic rings. The molecule has 0 aromatic heterocycles. The van der Waals surface area contributed by atoms with Crippen LogP contribution in [0.3, 0.4) is 0 Å². The molecular formula is C19H24O2. The fraction of sp³-hybridized carbons (Fsp3) is 0.474. The van der Waals surface area contributed by atoms with E-state index in [1.165, 1.54) is 23.6 Å². The zero-order valence-electron chi connectivity index (χ0n) is 12.7. The highest BCUT2D eigenvalue weighted by Gasteiger charge is 2.20. The average molecular weight is 284 g/mol. The van der Waals surface area contributed by atoms with Crippen molar-refractivity contribution < 1.29 is 9.84 Å². The molecule has 2 nitrogen and oxygen atoms in total. The first kappa shape index (κ1) is 14.6. The van der Waals surface area contributed by atoms with Crippen molar-refractivity contribution in [2.24, 2.45) is 5.92 Å². The van der Waals surface area contributed by atoms with Crippen LogP contribution >= 0.6 is 0 Å². The van der Waals surface area contributed by atoms with Gasteiger partial charge in [-0.05, 0) is 54.0 Å². The van der Waals surface area contributed by atoms with Gasteiger partial charge in [0.2, 0.25) is 0 Å². The van der Waals surface area contributed by atoms with E-state index in [1.54, 1.807) is 0 Å². The predicted octanol–water partition coefficient (Wildman–Crippen LogP) is 4.47. The lowest BCUT2D eigenvalue weighted by Crippen LogP contribution is -2.22. The third-order valence-corrected chi connectivity index (χ3v) is 4.61. The van der Waals surface area contributed by atoms with E-state index in [0.717, 1.165) is 24.3 Å². The van der Waals surface area contributed by atoms with Gasteiger partial charge < -0.3 is 9.84 Å². The van der Waals surface area contributed by atoms with Crippen molar-refractivity contribution in [3.63, 3.8) is 0 Å². The molecular weight excluding hydrogens is 260 g/mol. The van der Waals surface area contributed by atoms with Gasteiger partial charge in [0, 0.05) is 0 Å². The van der Waals surface area contributed by atoms with Crippen LogP contribution in [0, 0.1) is 5.92 Å². The van der Waals surface area contributed by atoms with Gasteiger partial charge in [0.15, 0.2) is 0 Å². The highest BCUT2D eigenvalue weighted by Crippen LogP contribution is 2.27. The van der Waals surface area contributed by atoms with E-state index in [-0.39, 0.29) is 0 Å². The minimum atomic E-state index is -0.533. The summed E-state index contributed by atoms with van der Waals surface area (Å²) in [6, 6.07) is 14.4. The van der Waals surface area contributed by atoms with Crippen molar-refractivity contribution in [2.45, 2.75) is 44.8 Å². The van der Waals surface area contributed by atoms with Gasteiger partial charge in [-0.15, -0.1) is 0 Å². The number of fused-ring (bicyclic) bond motifs is 1. The number of ether oxygens (including phenoxy) is 1. The maximum Gasteiger partial charge on any atom is 0.102 e. The van der Waals surface area contributed by atoms with E-state index in [1.807, 2.05) is 18.2 Å². The van der Waals surface area contributed by atoms with Gasteiger partial charge in [-0.2, -0.15) is 0 Å². The van der Waals surface area contributed by atoms with E-state index in [9.17, 15) is 5.11 Å². The standard InChI is InChI=1S/C19H24O2/c1-14-6-10-18(11-7-14)21-13-19(20)17-9-8-15-4-2-3-5-16(15)12-17/h2-5,8-9,12,14,18-20H,6-7,10-11,13H2,1H3. The van der Waals surface area contributed by atoms with Crippen molar-refractivity contribution in [3.8, 4) is 0 Å². The van der Waals surface area contributed by atoms with Crippen molar-refractivity contribution in [1.82, 2.24) is 0 Å². The Hall–Kier alpha value is -1.38. The van der Waals surface area contributed by atoms with Crippen molar-refractivity contribution >= 4 is 10.8 Å². The number of hydrogen-bond acceptors (Lipinski definition) is 2. The molecule has 21 heavy (non-hydrogen) atoms. The van der Waals surface area contributed by atoms with E-state index in [4.69, 9.17) is 4.74 Å². The maximum atomic E-state index is 10.3. The molecule has 2 heteroatoms. The van der Waals surface area contributed by atoms with Crippen LogP contribution in [0.25, 0.3) is 10.8 Å². The van der Waals surface area contributed by atoms with Gasteiger partial charge in [0.25, 0.3) is 0 Å². The molecule has 0 bridgehead atoms. The molecule has 0 amide bonds. The van der Waals surface area contributed by atoms with Crippen LogP contribution in [-0.2, 0) is 4.74 Å². The molecule has 1 unspecified atom stereocenters. The van der Waals surface area contributed by atoms with Gasteiger partial charge in [-0.1, -0.05) is 43.3 Å². The van der Waals surface area contributed by atoms with Crippen LogP contribution in [0.2, 0.25) is 0 Å². The number of aliphatic hydroxyl groups is 1. The van der Waals surface area contributed by atoms with Crippen molar-refractivity contribution in [3.05, 3.63) is 48.0 Å². The van der Waals surface area contributed by atoms with Crippen molar-refractivity contribution in [1.29, 1.82) is 0 Å². The molecule has 112 valence electrons. The number of aliphatic hydroxyl groups excluding tert-OH is 1. The molecule has 0 radical (unpaired) electrons. The van der Waals surface area contributed by atoms with E-state index in [2.05, 4.69) is 31.2 Å². The highest BCUT2D eigenvalue weighted by atomic mass is 16.5. The molecule has 1 fully saturated rings. The summed E-state index contributed by atoms with van der Waals surface area (Å²) in [6.45, 7) is 2.71. The molecule has 0 saturated heterocycles. The number of rotatable bonds is 4. The van der Waals surface area contributed by atoms with Gasteiger partial charge in [-0.25, -0.2) is 0 Å². The third kappa shape index (κ3) is 3.63. The zero-order chi connectivity index (χ0) is 14.7. The summed E-state index contributed by atoms with van der Waals surface area (Å²) in [6.07, 6.45) is 4.55. The quantitative estimate of drug-likeness (QED) is 0.897. The Balaban J connectivity index is 1.60. The fourth-order valence-corrected chi connectivity index (χ4v) is 3.13. The minimum absolute atomic E-state index is 0.330. The Bertz CT molecular complexity index is 585. The normalized spacial score (nSPS) is 24.1. The van der Waals surface area contributed by atoms with Crippen LogP contribution in [0.5, 0.6) is 0 Å². The summed E-state index contributed by atoms with van der Waals surface area (Å²) in [5.74, 6) is 0.829. The highest BCUT2D eigenvalue weighted by molar-refractivity contribution is 5.83. The molecule has 1 atom stereocenters. The molecule has 1 N–H and O–H groups in total. The zero-order valence-corrected chi connectivity index (χ0v) is 12.7. The van der Waals surface area contributed by atoms with Gasteiger partial charge >= 0.3 is 0 Å². The summed E-state index contributed by atoms with van der Waals surface area (Å²) >= 11 is 0. The SMILES string of the molecule is CC1CCC(OCC(O)c2ccc3ccccc3c2)CC1. The second kappa shape index (κ2) is 6.59. The lowest BCUT2D eigenvalue weighted by Gasteiger charge is -2.27. The van der Waals surface area contributed by atoms with E-state index >= 15 is 0 Å². The van der Waals surface area contributed by atoms with E-state index < -0.39 is 6.10 Å². The Morgan fingerprint density at radius 2 is 1.76 bits per heavy atom. The Morgan fingerprint density at radius 3 is 2.52 bits per heavy atom. The summed E-state index contributed by atoms with van der Waals surface area (Å²) in [4.78, 5) is 0. The monoisotopic (exact) mass is 284 g/mol. The average Bonchev–Trinajstić information content (AvgIpc) is 2.53. The molecule has 2 aromatic carbocycles. The number of benzene rings is 2. The Morgan fingerprint density at radius 1 is 1.05 bits per heavy atom. The van der Waals surface area contributed by atoms with Crippen LogP contribution in [0.1, 0.15) is 44.3 Å². The molecule has 1 aliphatic carbocycles. The fourth-order valence-electron chi connectivity index (χ4n) is 3.13. The first-order chi connectivity index (χ1) is 10.2. The summed E-state index contributed by atoms with van der Waals surface area (Å²) in [7, 11) is 0. The second-order valence-electron chi connectivity index (χ2n) is 6.34. The summed E-state index contributed by atoms with van der Waals surface area (Å²) in [5, 5.41) is 12.7. The second-order valence-corrected chi connectivity index (χ2v) is 6.34. The van der Waals surface area contributed by atoms with Crippen LogP contribution in [0.4, 0.5) is 0 Å². The van der Waals surface area contributed by atoms with Crippen LogP contribution < -0.4 is 0 Å². The maximum absolute atomic E-state index is 10.3. The van der Waals surface area contributed by atoms with Gasteiger partial charge in [-0.3, -0.25) is 0 Å². The first-order valence-corrected chi connectivity index (χ1v) is 8.01. The summed E-state index contributed by atoms with van der Waals surface area (Å²) in [5.41, 5.74) is 0.942. The smallest absolute Gasteiger partial charge is 0.102 e. The van der Waals surface area contributed by atoms with Gasteiger partial charge in [0.1, 0.15) is 6.10 Å². The molecule has 1 saturated carbocycles. The molecule has 0 heterocycles. The largest absolute Gasteiger partial charge is 0.386 e. The Labute approximate surface area is 126 Å². The van der Waals surface area contributed by atoms with Crippen LogP contribution in [-0.4, -0.2) is 17.8 Å². The first-order valence-electron chi connectivity index (χ1n) is 8.01. The molecule has 0 aliphatic heterocycles. The van der Waals surface area contributed by atoms with Gasteiger partial charge in [0.05, 0.1) is 12.7 Å². The third-order valence-electron chi connectivity index (χ3n) is 4.61. The van der Waals surface area contributed by atoms with Crippen molar-refractivity contribution in [2.75, 3.05) is 6.61 Å².